The average Bonchev–Trinajstić information content (AvgIpc) is 2.22. The third-order valence-electron chi connectivity index (χ3n) is 2.73. The Morgan fingerprint density at radius 3 is 2.39 bits per heavy atom. The molecule has 4 nitrogen and oxygen atoms in total. The predicted molar refractivity (Wildman–Crippen MR) is 76.4 cm³/mol. The highest BCUT2D eigenvalue weighted by Gasteiger charge is 2.19. The van der Waals surface area contributed by atoms with Crippen LogP contribution in [0.25, 0.3) is 0 Å². The molecule has 0 aromatic rings. The van der Waals surface area contributed by atoms with Crippen molar-refractivity contribution in [3.05, 3.63) is 0 Å². The van der Waals surface area contributed by atoms with E-state index >= 15 is 0 Å². The number of carbonyl (C=O) groups is 2. The molecule has 0 radical (unpaired) electrons. The largest absolute Gasteiger partial charge is 0.466 e. The summed E-state index contributed by atoms with van der Waals surface area (Å²) in [5, 5.41) is 0. The number of rotatable bonds is 8. The maximum absolute atomic E-state index is 11.4. The fourth-order valence-corrected chi connectivity index (χ4v) is 2.01. The first kappa shape index (κ1) is 17.2. The lowest BCUT2D eigenvalue weighted by Crippen LogP contribution is -2.41. The molecule has 0 aliphatic heterocycles. The average molecular weight is 273 g/mol. The minimum absolute atomic E-state index is 0.149. The lowest BCUT2D eigenvalue weighted by atomic mass is 10.1. The van der Waals surface area contributed by atoms with Crippen LogP contribution in [0.1, 0.15) is 33.6 Å². The van der Waals surface area contributed by atoms with Crippen LogP contribution in [0.5, 0.6) is 0 Å². The number of amides is 1. The molecule has 106 valence electrons. The lowest BCUT2D eigenvalue weighted by molar-refractivity contribution is -0.143. The summed E-state index contributed by atoms with van der Waals surface area (Å²) in [7, 11) is -0.633. The van der Waals surface area contributed by atoms with E-state index in [1.54, 1.807) is 4.90 Å². The Hall–Kier alpha value is -0.843. The molecule has 0 spiro atoms. The monoisotopic (exact) mass is 273 g/mol. The molecule has 0 atom stereocenters. The number of nitrogens with zero attached hydrogens (tertiary/aromatic N) is 1. The molecule has 0 aromatic heterocycles. The number of hydrogen-bond donors (Lipinski definition) is 0. The van der Waals surface area contributed by atoms with E-state index < -0.39 is 8.80 Å². The Balaban J connectivity index is 3.76. The van der Waals surface area contributed by atoms with Gasteiger partial charge in [0.05, 0.1) is 6.61 Å². The molecule has 5 heteroatoms. The summed E-state index contributed by atoms with van der Waals surface area (Å²) < 4.78 is 5.14. The van der Waals surface area contributed by atoms with Gasteiger partial charge in [-0.05, 0) is 33.2 Å². The van der Waals surface area contributed by atoms with Crippen LogP contribution in [-0.2, 0) is 14.3 Å². The molecule has 0 unspecified atom stereocenters. The van der Waals surface area contributed by atoms with Crippen molar-refractivity contribution in [2.45, 2.75) is 58.3 Å². The summed E-state index contributed by atoms with van der Waals surface area (Å²) >= 11 is 0. The van der Waals surface area contributed by atoms with Gasteiger partial charge >= 0.3 is 5.97 Å². The van der Waals surface area contributed by atoms with Crippen LogP contribution in [0.3, 0.4) is 0 Å². The molecule has 0 heterocycles. The molecule has 0 saturated heterocycles. The maximum Gasteiger partial charge on any atom is 0.305 e. The SMILES string of the molecule is C[SiH](C)CCOC(=O)CCCN(C=O)C(C)(C)C. The Labute approximate surface area is 112 Å². The molecule has 0 aromatic carbocycles. The summed E-state index contributed by atoms with van der Waals surface area (Å²) in [6.45, 7) is 11.6. The normalized spacial score (nSPS) is 11.4. The quantitative estimate of drug-likeness (QED) is 0.386. The summed E-state index contributed by atoms with van der Waals surface area (Å²) in [5.74, 6) is -0.149. The molecule has 0 N–H and O–H groups in total. The maximum atomic E-state index is 11.4. The zero-order chi connectivity index (χ0) is 14.2. The molecular weight excluding hydrogens is 246 g/mol. The van der Waals surface area contributed by atoms with Gasteiger partial charge in [0.15, 0.2) is 0 Å². The van der Waals surface area contributed by atoms with Gasteiger partial charge in [0.25, 0.3) is 0 Å². The lowest BCUT2D eigenvalue weighted by Gasteiger charge is -2.32. The van der Waals surface area contributed by atoms with Gasteiger partial charge in [0.1, 0.15) is 0 Å². The van der Waals surface area contributed by atoms with Crippen LogP contribution in [0.15, 0.2) is 0 Å². The standard InChI is InChI=1S/C13H27NO3Si/c1-13(2,3)14(11-15)8-6-7-12(16)17-9-10-18(4)5/h11,18H,6-10H2,1-5H3. The molecule has 0 rings (SSSR count). The first-order chi connectivity index (χ1) is 8.27. The topological polar surface area (TPSA) is 46.6 Å². The Morgan fingerprint density at radius 1 is 1.33 bits per heavy atom. The van der Waals surface area contributed by atoms with Crippen LogP contribution in [0, 0.1) is 0 Å². The molecule has 0 aliphatic carbocycles. The van der Waals surface area contributed by atoms with Crippen LogP contribution >= 0.6 is 0 Å². The highest BCUT2D eigenvalue weighted by molar-refractivity contribution is 6.55. The van der Waals surface area contributed by atoms with Crippen molar-refractivity contribution < 1.29 is 14.3 Å². The molecule has 1 amide bonds. The number of hydrogen-bond acceptors (Lipinski definition) is 3. The van der Waals surface area contributed by atoms with E-state index in [0.717, 1.165) is 12.5 Å². The number of esters is 1. The fourth-order valence-electron chi connectivity index (χ4n) is 1.42. The first-order valence-electron chi connectivity index (χ1n) is 6.65. The first-order valence-corrected chi connectivity index (χ1v) is 9.77. The third-order valence-corrected chi connectivity index (χ3v) is 4.12. The van der Waals surface area contributed by atoms with E-state index in [1.807, 2.05) is 20.8 Å². The van der Waals surface area contributed by atoms with Crippen LogP contribution in [-0.4, -0.2) is 44.8 Å². The summed E-state index contributed by atoms with van der Waals surface area (Å²) in [5.41, 5.74) is -0.186. The summed E-state index contributed by atoms with van der Waals surface area (Å²) in [6, 6.07) is 1.04. The smallest absolute Gasteiger partial charge is 0.305 e. The minimum atomic E-state index is -0.633. The Bertz CT molecular complexity index is 261. The Kier molecular flexibility index (Phi) is 7.90. The van der Waals surface area contributed by atoms with Gasteiger partial charge < -0.3 is 9.64 Å². The zero-order valence-corrected chi connectivity index (χ0v) is 13.5. The molecule has 0 bridgehead atoms. The molecule has 0 aliphatic rings. The van der Waals surface area contributed by atoms with Gasteiger partial charge in [-0.25, -0.2) is 0 Å². The van der Waals surface area contributed by atoms with Crippen molar-refractivity contribution in [3.8, 4) is 0 Å². The van der Waals surface area contributed by atoms with E-state index in [4.69, 9.17) is 4.74 Å². The van der Waals surface area contributed by atoms with Gasteiger partial charge in [-0.15, -0.1) is 0 Å². The molecule has 0 fully saturated rings. The van der Waals surface area contributed by atoms with Gasteiger partial charge in [0, 0.05) is 27.3 Å². The van der Waals surface area contributed by atoms with Crippen molar-refractivity contribution in [2.24, 2.45) is 0 Å². The molecule has 0 saturated carbocycles. The van der Waals surface area contributed by atoms with E-state index in [9.17, 15) is 9.59 Å². The van der Waals surface area contributed by atoms with Gasteiger partial charge in [-0.2, -0.15) is 0 Å². The third kappa shape index (κ3) is 8.28. The van der Waals surface area contributed by atoms with Crippen molar-refractivity contribution in [3.63, 3.8) is 0 Å². The van der Waals surface area contributed by atoms with E-state index in [1.165, 1.54) is 0 Å². The minimum Gasteiger partial charge on any atom is -0.466 e. The molecule has 18 heavy (non-hydrogen) atoms. The van der Waals surface area contributed by atoms with Crippen LogP contribution in [0.2, 0.25) is 19.1 Å². The van der Waals surface area contributed by atoms with Gasteiger partial charge in [-0.3, -0.25) is 9.59 Å². The second kappa shape index (κ2) is 8.29. The second-order valence-electron chi connectivity index (χ2n) is 5.98. The highest BCUT2D eigenvalue weighted by atomic mass is 28.3. The van der Waals surface area contributed by atoms with Crippen LogP contribution in [0.4, 0.5) is 0 Å². The van der Waals surface area contributed by atoms with Gasteiger partial charge in [-0.1, -0.05) is 13.1 Å². The molecular formula is C13H27NO3Si. The highest BCUT2D eigenvalue weighted by Crippen LogP contribution is 2.11. The van der Waals surface area contributed by atoms with E-state index in [-0.39, 0.29) is 11.5 Å². The second-order valence-corrected chi connectivity index (χ2v) is 9.34. The Morgan fingerprint density at radius 2 is 1.94 bits per heavy atom. The van der Waals surface area contributed by atoms with E-state index in [0.29, 0.717) is 26.0 Å². The fraction of sp³-hybridized carbons (Fsp3) is 0.846. The summed E-state index contributed by atoms with van der Waals surface area (Å²) in [6.07, 6.45) is 1.89. The predicted octanol–water partition coefficient (Wildman–Crippen LogP) is 2.05. The zero-order valence-electron chi connectivity index (χ0n) is 12.4. The van der Waals surface area contributed by atoms with Crippen molar-refractivity contribution in [1.82, 2.24) is 4.90 Å². The van der Waals surface area contributed by atoms with Crippen LogP contribution < -0.4 is 0 Å². The number of carbonyl (C=O) groups excluding carboxylic acids is 2. The summed E-state index contributed by atoms with van der Waals surface area (Å²) in [4.78, 5) is 24.0. The van der Waals surface area contributed by atoms with E-state index in [2.05, 4.69) is 13.1 Å². The van der Waals surface area contributed by atoms with Crippen molar-refractivity contribution in [2.75, 3.05) is 13.2 Å². The van der Waals surface area contributed by atoms with Crippen molar-refractivity contribution >= 4 is 21.2 Å². The van der Waals surface area contributed by atoms with Gasteiger partial charge in [0.2, 0.25) is 6.41 Å². The number of ether oxygens (including phenoxy) is 1. The van der Waals surface area contributed by atoms with Crippen molar-refractivity contribution in [1.29, 1.82) is 0 Å².